The Labute approximate surface area is 106 Å². The molecule has 0 bridgehead atoms. The molecule has 1 aliphatic rings. The second-order valence-electron chi connectivity index (χ2n) is 4.38. The smallest absolute Gasteiger partial charge is 0.219 e. The molecule has 0 saturated heterocycles. The molecule has 0 radical (unpaired) electrons. The lowest BCUT2D eigenvalue weighted by Gasteiger charge is -2.06. The van der Waals surface area contributed by atoms with Crippen LogP contribution < -0.4 is 4.74 Å². The lowest BCUT2D eigenvalue weighted by Crippen LogP contribution is -1.90. The molecule has 0 spiro atoms. The Morgan fingerprint density at radius 1 is 1.11 bits per heavy atom. The minimum Gasteiger partial charge on any atom is -0.439 e. The van der Waals surface area contributed by atoms with E-state index in [9.17, 15) is 0 Å². The van der Waals surface area contributed by atoms with Gasteiger partial charge in [-0.25, -0.2) is 4.98 Å². The Balaban J connectivity index is 1.81. The molecule has 1 heterocycles. The third-order valence-electron chi connectivity index (χ3n) is 3.16. The molecular weight excluding hydrogens is 224 g/mol. The molecule has 1 aromatic carbocycles. The maximum absolute atomic E-state index is 8.69. The van der Waals surface area contributed by atoms with Gasteiger partial charge in [-0.2, -0.15) is 5.26 Å². The van der Waals surface area contributed by atoms with Crippen molar-refractivity contribution in [3.05, 3.63) is 53.2 Å². The lowest BCUT2D eigenvalue weighted by molar-refractivity contribution is 0.462. The number of rotatable bonds is 2. The van der Waals surface area contributed by atoms with Crippen molar-refractivity contribution in [2.24, 2.45) is 0 Å². The van der Waals surface area contributed by atoms with E-state index < -0.39 is 0 Å². The Bertz CT molecular complexity index is 611. The van der Waals surface area contributed by atoms with Crippen LogP contribution in [0, 0.1) is 11.3 Å². The summed E-state index contributed by atoms with van der Waals surface area (Å²) in [5.74, 6) is 1.33. The van der Waals surface area contributed by atoms with Gasteiger partial charge in [0.15, 0.2) is 0 Å². The third-order valence-corrected chi connectivity index (χ3v) is 3.16. The fourth-order valence-corrected chi connectivity index (χ4v) is 2.24. The second kappa shape index (κ2) is 4.50. The highest BCUT2D eigenvalue weighted by Crippen LogP contribution is 2.28. The van der Waals surface area contributed by atoms with E-state index in [-0.39, 0.29) is 0 Å². The number of aryl methyl sites for hydroxylation is 2. The minimum atomic E-state index is 0.520. The van der Waals surface area contributed by atoms with Crippen molar-refractivity contribution in [2.75, 3.05) is 0 Å². The van der Waals surface area contributed by atoms with Gasteiger partial charge in [0, 0.05) is 12.3 Å². The standard InChI is InChI=1S/C15H12N2O/c16-9-11-4-7-15(17-10-11)18-14-6-5-12-2-1-3-13(12)8-14/h4-8,10H,1-3H2. The molecule has 1 aliphatic carbocycles. The van der Waals surface area contributed by atoms with Crippen LogP contribution in [0.3, 0.4) is 0 Å². The van der Waals surface area contributed by atoms with E-state index in [0.717, 1.165) is 12.2 Å². The first-order valence-corrected chi connectivity index (χ1v) is 6.01. The normalized spacial score (nSPS) is 12.8. The number of hydrogen-bond donors (Lipinski definition) is 0. The maximum atomic E-state index is 8.69. The summed E-state index contributed by atoms with van der Waals surface area (Å²) in [6, 6.07) is 11.6. The summed E-state index contributed by atoms with van der Waals surface area (Å²) >= 11 is 0. The maximum Gasteiger partial charge on any atom is 0.219 e. The molecule has 2 aromatic rings. The van der Waals surface area contributed by atoms with Gasteiger partial charge in [0.1, 0.15) is 11.8 Å². The lowest BCUT2D eigenvalue weighted by atomic mass is 10.1. The van der Waals surface area contributed by atoms with Crippen LogP contribution in [-0.2, 0) is 12.8 Å². The molecule has 0 fully saturated rings. The van der Waals surface area contributed by atoms with Gasteiger partial charge in [-0.1, -0.05) is 6.07 Å². The molecule has 0 unspecified atom stereocenters. The average molecular weight is 236 g/mol. The number of nitriles is 1. The zero-order chi connectivity index (χ0) is 12.4. The van der Waals surface area contributed by atoms with Gasteiger partial charge in [0.25, 0.3) is 0 Å². The highest BCUT2D eigenvalue weighted by Gasteiger charge is 2.11. The molecule has 0 amide bonds. The SMILES string of the molecule is N#Cc1ccc(Oc2ccc3c(c2)CCC3)nc1. The van der Waals surface area contributed by atoms with E-state index in [2.05, 4.69) is 17.1 Å². The molecule has 0 N–H and O–H groups in total. The van der Waals surface area contributed by atoms with Crippen LogP contribution >= 0.6 is 0 Å². The van der Waals surface area contributed by atoms with E-state index in [0.29, 0.717) is 11.4 Å². The van der Waals surface area contributed by atoms with Crippen LogP contribution in [0.5, 0.6) is 11.6 Å². The van der Waals surface area contributed by atoms with E-state index >= 15 is 0 Å². The zero-order valence-corrected chi connectivity index (χ0v) is 9.89. The molecule has 3 rings (SSSR count). The first-order valence-electron chi connectivity index (χ1n) is 6.01. The first kappa shape index (κ1) is 10.8. The van der Waals surface area contributed by atoms with Crippen LogP contribution in [0.1, 0.15) is 23.1 Å². The Hall–Kier alpha value is -2.34. The van der Waals surface area contributed by atoms with Crippen molar-refractivity contribution in [3.63, 3.8) is 0 Å². The molecule has 3 nitrogen and oxygen atoms in total. The Morgan fingerprint density at radius 3 is 2.78 bits per heavy atom. The summed E-state index contributed by atoms with van der Waals surface area (Å²) in [5, 5.41) is 8.69. The summed E-state index contributed by atoms with van der Waals surface area (Å²) in [4.78, 5) is 4.09. The fourth-order valence-electron chi connectivity index (χ4n) is 2.24. The highest BCUT2D eigenvalue weighted by atomic mass is 16.5. The van der Waals surface area contributed by atoms with E-state index in [1.165, 1.54) is 30.2 Å². The predicted octanol–water partition coefficient (Wildman–Crippen LogP) is 3.23. The quantitative estimate of drug-likeness (QED) is 0.804. The van der Waals surface area contributed by atoms with E-state index in [4.69, 9.17) is 10.00 Å². The van der Waals surface area contributed by atoms with Gasteiger partial charge in [0.2, 0.25) is 5.88 Å². The van der Waals surface area contributed by atoms with Gasteiger partial charge in [-0.15, -0.1) is 0 Å². The number of pyridine rings is 1. The molecule has 0 aliphatic heterocycles. The van der Waals surface area contributed by atoms with Crippen molar-refractivity contribution in [3.8, 4) is 17.7 Å². The highest BCUT2D eigenvalue weighted by molar-refractivity contribution is 5.40. The summed E-state index contributed by atoms with van der Waals surface area (Å²) in [7, 11) is 0. The minimum absolute atomic E-state index is 0.520. The van der Waals surface area contributed by atoms with Gasteiger partial charge in [-0.3, -0.25) is 0 Å². The third kappa shape index (κ3) is 2.05. The number of nitrogens with zero attached hydrogens (tertiary/aromatic N) is 2. The number of aromatic nitrogens is 1. The largest absolute Gasteiger partial charge is 0.439 e. The second-order valence-corrected chi connectivity index (χ2v) is 4.38. The van der Waals surface area contributed by atoms with Crippen molar-refractivity contribution >= 4 is 0 Å². The Kier molecular flexibility index (Phi) is 2.70. The fraction of sp³-hybridized carbons (Fsp3) is 0.200. The van der Waals surface area contributed by atoms with Crippen molar-refractivity contribution in [2.45, 2.75) is 19.3 Å². The van der Waals surface area contributed by atoms with Crippen molar-refractivity contribution in [1.29, 1.82) is 5.26 Å². The summed E-state index contributed by atoms with van der Waals surface area (Å²) < 4.78 is 5.68. The average Bonchev–Trinajstić information content (AvgIpc) is 2.87. The van der Waals surface area contributed by atoms with Crippen molar-refractivity contribution in [1.82, 2.24) is 4.98 Å². The number of ether oxygens (including phenoxy) is 1. The molecule has 0 saturated carbocycles. The summed E-state index contributed by atoms with van der Waals surface area (Å²) in [6.45, 7) is 0. The predicted molar refractivity (Wildman–Crippen MR) is 67.5 cm³/mol. The Morgan fingerprint density at radius 2 is 2.00 bits per heavy atom. The first-order chi connectivity index (χ1) is 8.85. The van der Waals surface area contributed by atoms with Crippen LogP contribution in [-0.4, -0.2) is 4.98 Å². The molecular formula is C15H12N2O. The molecule has 88 valence electrons. The van der Waals surface area contributed by atoms with Crippen molar-refractivity contribution < 1.29 is 4.74 Å². The number of fused-ring (bicyclic) bond motifs is 1. The molecule has 18 heavy (non-hydrogen) atoms. The van der Waals surface area contributed by atoms with Crippen LogP contribution in [0.15, 0.2) is 36.5 Å². The van der Waals surface area contributed by atoms with E-state index in [1.807, 2.05) is 12.1 Å². The van der Waals surface area contributed by atoms with Gasteiger partial charge in [-0.05, 0) is 48.6 Å². The monoisotopic (exact) mass is 236 g/mol. The molecule has 0 atom stereocenters. The molecule has 3 heteroatoms. The van der Waals surface area contributed by atoms with Crippen LogP contribution in [0.25, 0.3) is 0 Å². The molecule has 1 aromatic heterocycles. The van der Waals surface area contributed by atoms with Crippen LogP contribution in [0.2, 0.25) is 0 Å². The summed E-state index contributed by atoms with van der Waals surface area (Å²) in [5.41, 5.74) is 3.34. The number of hydrogen-bond acceptors (Lipinski definition) is 3. The van der Waals surface area contributed by atoms with Gasteiger partial charge in [0.05, 0.1) is 5.56 Å². The van der Waals surface area contributed by atoms with Crippen LogP contribution in [0.4, 0.5) is 0 Å². The van der Waals surface area contributed by atoms with E-state index in [1.54, 1.807) is 12.1 Å². The summed E-state index contributed by atoms with van der Waals surface area (Å²) in [6.07, 6.45) is 5.05. The number of benzene rings is 1. The zero-order valence-electron chi connectivity index (χ0n) is 9.89. The van der Waals surface area contributed by atoms with Gasteiger partial charge >= 0.3 is 0 Å². The van der Waals surface area contributed by atoms with Gasteiger partial charge < -0.3 is 4.74 Å². The topological polar surface area (TPSA) is 45.9 Å².